The van der Waals surface area contributed by atoms with Gasteiger partial charge >= 0.3 is 6.03 Å². The van der Waals surface area contributed by atoms with E-state index in [0.29, 0.717) is 18.8 Å². The van der Waals surface area contributed by atoms with E-state index in [1.165, 1.54) is 0 Å². The molecular formula is C15H16N4O3. The Bertz CT molecular complexity index is 675. The van der Waals surface area contributed by atoms with E-state index >= 15 is 0 Å². The molecule has 0 saturated carbocycles. The van der Waals surface area contributed by atoms with E-state index in [4.69, 9.17) is 10.5 Å². The molecule has 0 aromatic heterocycles. The molecule has 1 aromatic carbocycles. The zero-order valence-corrected chi connectivity index (χ0v) is 11.9. The van der Waals surface area contributed by atoms with Crippen molar-refractivity contribution in [3.8, 4) is 0 Å². The van der Waals surface area contributed by atoms with Crippen LogP contribution in [0.4, 0.5) is 10.5 Å². The summed E-state index contributed by atoms with van der Waals surface area (Å²) < 4.78 is 5.34. The highest BCUT2D eigenvalue weighted by molar-refractivity contribution is 6.52. The van der Waals surface area contributed by atoms with Gasteiger partial charge in [-0.3, -0.25) is 4.79 Å². The first-order valence-electron chi connectivity index (χ1n) is 6.98. The number of nitrogens with two attached hydrogens (primary N) is 1. The molecule has 1 aliphatic heterocycles. The van der Waals surface area contributed by atoms with Crippen LogP contribution in [-0.4, -0.2) is 43.8 Å². The predicted octanol–water partition coefficient (Wildman–Crippen LogP) is 0.757. The van der Waals surface area contributed by atoms with Crippen LogP contribution in [0.5, 0.6) is 0 Å². The highest BCUT2D eigenvalue weighted by Gasteiger charge is 2.21. The second-order valence-corrected chi connectivity index (χ2v) is 5.01. The van der Waals surface area contributed by atoms with Gasteiger partial charge in [0.1, 0.15) is 5.71 Å². The SMILES string of the molecule is NC(=O)N/N=C1\C=Cc2cc(N3CCOCC3)ccc2C1=O. The van der Waals surface area contributed by atoms with Crippen molar-refractivity contribution in [1.82, 2.24) is 5.43 Å². The number of ether oxygens (including phenoxy) is 1. The molecule has 0 atom stereocenters. The average molecular weight is 300 g/mol. The Morgan fingerprint density at radius 3 is 2.77 bits per heavy atom. The number of benzene rings is 1. The molecule has 3 N–H and O–H groups in total. The number of Topliss-reactive ketones (excluding diaryl/α,β-unsaturated/α-hetero) is 1. The third-order valence-electron chi connectivity index (χ3n) is 3.60. The van der Waals surface area contributed by atoms with E-state index in [2.05, 4.69) is 15.4 Å². The van der Waals surface area contributed by atoms with E-state index < -0.39 is 6.03 Å². The number of nitrogens with zero attached hydrogens (tertiary/aromatic N) is 2. The lowest BCUT2D eigenvalue weighted by molar-refractivity contribution is 0.106. The topological polar surface area (TPSA) is 97.0 Å². The molecule has 1 heterocycles. The Morgan fingerprint density at radius 2 is 2.05 bits per heavy atom. The van der Waals surface area contributed by atoms with Gasteiger partial charge in [-0.15, -0.1) is 0 Å². The number of carbonyl (C=O) groups excluding carboxylic acids is 2. The fraction of sp³-hybridized carbons (Fsp3) is 0.267. The number of fused-ring (bicyclic) bond motifs is 1. The fourth-order valence-corrected chi connectivity index (χ4v) is 2.50. The molecule has 1 aliphatic carbocycles. The number of morpholine rings is 1. The number of ketones is 1. The summed E-state index contributed by atoms with van der Waals surface area (Å²) in [5.41, 5.74) is 9.64. The summed E-state index contributed by atoms with van der Waals surface area (Å²) in [5, 5.41) is 3.70. The van der Waals surface area contributed by atoms with Gasteiger partial charge in [-0.25, -0.2) is 10.2 Å². The molecule has 1 fully saturated rings. The lowest BCUT2D eigenvalue weighted by Crippen LogP contribution is -2.36. The molecule has 0 radical (unpaired) electrons. The lowest BCUT2D eigenvalue weighted by Gasteiger charge is -2.29. The second-order valence-electron chi connectivity index (χ2n) is 5.01. The molecular weight excluding hydrogens is 284 g/mol. The van der Waals surface area contributed by atoms with Crippen molar-refractivity contribution < 1.29 is 14.3 Å². The van der Waals surface area contributed by atoms with Crippen molar-refractivity contribution in [2.24, 2.45) is 10.8 Å². The lowest BCUT2D eigenvalue weighted by atomic mass is 9.94. The normalized spacial score (nSPS) is 19.2. The summed E-state index contributed by atoms with van der Waals surface area (Å²) in [7, 11) is 0. The molecule has 2 amide bonds. The van der Waals surface area contributed by atoms with Gasteiger partial charge in [0.25, 0.3) is 0 Å². The second kappa shape index (κ2) is 5.98. The quantitative estimate of drug-likeness (QED) is 0.788. The minimum absolute atomic E-state index is 0.158. The van der Waals surface area contributed by atoms with Gasteiger partial charge in [-0.2, -0.15) is 5.10 Å². The van der Waals surface area contributed by atoms with Crippen molar-refractivity contribution in [3.05, 3.63) is 35.4 Å². The standard InChI is InChI=1S/C15H16N4O3/c16-15(21)18-17-13-4-1-10-9-11(2-3-12(10)14(13)20)19-5-7-22-8-6-19/h1-4,9H,5-8H2,(H3,16,18,21)/b17-13+. The Labute approximate surface area is 127 Å². The molecule has 0 spiro atoms. The number of hydrazone groups is 1. The van der Waals surface area contributed by atoms with E-state index in [9.17, 15) is 9.59 Å². The monoisotopic (exact) mass is 300 g/mol. The van der Waals surface area contributed by atoms with Crippen LogP contribution in [0.1, 0.15) is 15.9 Å². The van der Waals surface area contributed by atoms with Gasteiger partial charge in [0.15, 0.2) is 0 Å². The molecule has 114 valence electrons. The number of hydrogen-bond donors (Lipinski definition) is 2. The van der Waals surface area contributed by atoms with E-state index in [1.807, 2.05) is 18.2 Å². The number of amides is 2. The van der Waals surface area contributed by atoms with Crippen LogP contribution < -0.4 is 16.1 Å². The minimum Gasteiger partial charge on any atom is -0.378 e. The number of nitrogens with one attached hydrogen (secondary N) is 1. The number of carbonyl (C=O) groups is 2. The van der Waals surface area contributed by atoms with Crippen molar-refractivity contribution in [1.29, 1.82) is 0 Å². The molecule has 0 bridgehead atoms. The van der Waals surface area contributed by atoms with Crippen LogP contribution in [0.25, 0.3) is 6.08 Å². The summed E-state index contributed by atoms with van der Waals surface area (Å²) in [6.07, 6.45) is 3.38. The minimum atomic E-state index is -0.804. The van der Waals surface area contributed by atoms with E-state index in [0.717, 1.165) is 24.3 Å². The smallest absolute Gasteiger partial charge is 0.332 e. The van der Waals surface area contributed by atoms with Gasteiger partial charge in [-0.1, -0.05) is 6.08 Å². The molecule has 22 heavy (non-hydrogen) atoms. The molecule has 2 aliphatic rings. The molecule has 1 aromatic rings. The van der Waals surface area contributed by atoms with E-state index in [-0.39, 0.29) is 11.5 Å². The summed E-state index contributed by atoms with van der Waals surface area (Å²) in [6, 6.07) is 4.88. The fourth-order valence-electron chi connectivity index (χ4n) is 2.50. The number of hydrogen-bond acceptors (Lipinski definition) is 5. The first kappa shape index (κ1) is 14.3. The van der Waals surface area contributed by atoms with Gasteiger partial charge in [0.2, 0.25) is 5.78 Å². The van der Waals surface area contributed by atoms with Crippen molar-refractivity contribution >= 4 is 29.3 Å². The Kier molecular flexibility index (Phi) is 3.88. The molecule has 7 heteroatoms. The molecule has 0 unspecified atom stereocenters. The summed E-state index contributed by atoms with van der Waals surface area (Å²) in [5.74, 6) is -0.236. The summed E-state index contributed by atoms with van der Waals surface area (Å²) in [4.78, 5) is 25.2. The average Bonchev–Trinajstić information content (AvgIpc) is 2.54. The summed E-state index contributed by atoms with van der Waals surface area (Å²) >= 11 is 0. The zero-order chi connectivity index (χ0) is 15.5. The maximum atomic E-state index is 12.3. The predicted molar refractivity (Wildman–Crippen MR) is 83.0 cm³/mol. The maximum absolute atomic E-state index is 12.3. The van der Waals surface area contributed by atoms with Gasteiger partial charge in [0.05, 0.1) is 13.2 Å². The highest BCUT2D eigenvalue weighted by atomic mass is 16.5. The van der Waals surface area contributed by atoms with E-state index in [1.54, 1.807) is 12.1 Å². The van der Waals surface area contributed by atoms with Crippen molar-refractivity contribution in [3.63, 3.8) is 0 Å². The van der Waals surface area contributed by atoms with Crippen LogP contribution in [0.15, 0.2) is 29.4 Å². The maximum Gasteiger partial charge on any atom is 0.332 e. The number of anilines is 1. The van der Waals surface area contributed by atoms with Crippen LogP contribution in [0.2, 0.25) is 0 Å². The molecule has 1 saturated heterocycles. The first-order chi connectivity index (χ1) is 10.6. The highest BCUT2D eigenvalue weighted by Crippen LogP contribution is 2.25. The number of urea groups is 1. The van der Waals surface area contributed by atoms with Gasteiger partial charge in [-0.05, 0) is 29.8 Å². The third kappa shape index (κ3) is 2.84. The Balaban J connectivity index is 1.86. The summed E-state index contributed by atoms with van der Waals surface area (Å²) in [6.45, 7) is 3.10. The third-order valence-corrected chi connectivity index (χ3v) is 3.60. The van der Waals surface area contributed by atoms with Crippen LogP contribution in [-0.2, 0) is 4.74 Å². The Morgan fingerprint density at radius 1 is 1.27 bits per heavy atom. The van der Waals surface area contributed by atoms with Crippen LogP contribution in [0, 0.1) is 0 Å². The van der Waals surface area contributed by atoms with Gasteiger partial charge < -0.3 is 15.4 Å². The number of allylic oxidation sites excluding steroid dienone is 1. The molecule has 3 rings (SSSR count). The van der Waals surface area contributed by atoms with Crippen LogP contribution in [0.3, 0.4) is 0 Å². The zero-order valence-electron chi connectivity index (χ0n) is 11.9. The van der Waals surface area contributed by atoms with Crippen molar-refractivity contribution in [2.45, 2.75) is 0 Å². The number of rotatable bonds is 2. The number of primary amides is 1. The van der Waals surface area contributed by atoms with Gasteiger partial charge in [0, 0.05) is 24.3 Å². The first-order valence-corrected chi connectivity index (χ1v) is 6.98. The molecule has 7 nitrogen and oxygen atoms in total. The largest absolute Gasteiger partial charge is 0.378 e. The van der Waals surface area contributed by atoms with Crippen molar-refractivity contribution in [2.75, 3.05) is 31.2 Å². The van der Waals surface area contributed by atoms with Crippen LogP contribution >= 0.6 is 0 Å². The Hall–Kier alpha value is -2.67.